The van der Waals surface area contributed by atoms with Crippen LogP contribution in [0.1, 0.15) is 32.6 Å². The van der Waals surface area contributed by atoms with E-state index in [9.17, 15) is 40.8 Å². The van der Waals surface area contributed by atoms with E-state index in [0.717, 1.165) is 19.8 Å². The Labute approximate surface area is 238 Å². The number of piperazine rings is 2. The van der Waals surface area contributed by atoms with Gasteiger partial charge in [0.1, 0.15) is 13.1 Å². The van der Waals surface area contributed by atoms with Gasteiger partial charge >= 0.3 is 24.4 Å². The molecule has 0 aromatic rings. The number of carboxylic acids is 1. The summed E-state index contributed by atoms with van der Waals surface area (Å²) in [6, 6.07) is -1.93. The predicted octanol–water partition coefficient (Wildman–Crippen LogP) is 1.46. The number of carbonyl (C=O) groups is 3. The second-order valence-corrected chi connectivity index (χ2v) is 9.56. The summed E-state index contributed by atoms with van der Waals surface area (Å²) in [7, 11) is 0. The number of aliphatic carboxylic acids is 1. The molecule has 4 bridgehead atoms. The molecular formula is C20H32F6N8O5Zn. The second kappa shape index (κ2) is 15.0. The second-order valence-electron chi connectivity index (χ2n) is 9.56. The summed E-state index contributed by atoms with van der Waals surface area (Å²) in [6.07, 6.45) is -5.80. The van der Waals surface area contributed by atoms with Gasteiger partial charge in [0.05, 0.1) is 30.5 Å². The number of fused-ring (bicyclic) bond motifs is 4. The number of amides is 4. The molecule has 13 nitrogen and oxygen atoms in total. The van der Waals surface area contributed by atoms with Crippen molar-refractivity contribution in [2.45, 2.75) is 69.1 Å². The average molecular weight is 644 g/mol. The SMILES string of the molecule is CC(=O)O.NN1CC2CCC(C1)N2C(=O)NCC(F)(F)F.O=NN1CC2CCC(C1)N2C(=O)NCC(F)(F)F.[Zn]. The summed E-state index contributed by atoms with van der Waals surface area (Å²) in [5.41, 5.74) is 0. The van der Waals surface area contributed by atoms with Crippen molar-refractivity contribution >= 4 is 18.0 Å². The Hall–Kier alpha value is -2.47. The number of rotatable bonds is 3. The van der Waals surface area contributed by atoms with Crippen molar-refractivity contribution < 1.29 is 65.3 Å². The summed E-state index contributed by atoms with van der Waals surface area (Å²) < 4.78 is 72.0. The van der Waals surface area contributed by atoms with E-state index in [-0.39, 0.29) is 43.6 Å². The molecule has 4 amide bonds. The van der Waals surface area contributed by atoms with Crippen molar-refractivity contribution in [1.29, 1.82) is 0 Å². The molecule has 4 saturated heterocycles. The maximum absolute atomic E-state index is 12.0. The molecule has 4 aliphatic rings. The van der Waals surface area contributed by atoms with Crippen LogP contribution in [0.2, 0.25) is 0 Å². The standard InChI is InChI=1S/C9H13F3N4O2.C9H15F3N4O.C2H4O2.Zn/c10-9(11,12)5-13-8(17)16-6-1-2-7(16)4-15(3-6)14-18;10-9(11,12)5-14-8(17)16-6-1-2-7(16)4-15(13)3-6;1-2(3)4;/h6-7H,1-5H2,(H,13,17);6-7H,1-5,13H2,(H,14,17);1H3,(H,3,4);. The minimum atomic E-state index is -4.42. The summed E-state index contributed by atoms with van der Waals surface area (Å²) in [6.45, 7) is 0.0935. The Morgan fingerprint density at radius 2 is 1.10 bits per heavy atom. The van der Waals surface area contributed by atoms with E-state index in [0.29, 0.717) is 39.0 Å². The van der Waals surface area contributed by atoms with Crippen LogP contribution in [0.15, 0.2) is 5.29 Å². The average Bonchev–Trinajstić information content (AvgIpc) is 3.24. The first-order valence-electron chi connectivity index (χ1n) is 12.0. The minimum absolute atomic E-state index is 0. The normalized spacial score (nSPS) is 25.4. The van der Waals surface area contributed by atoms with Crippen molar-refractivity contribution in [3.8, 4) is 0 Å². The van der Waals surface area contributed by atoms with Crippen LogP contribution in [0.3, 0.4) is 0 Å². The summed E-state index contributed by atoms with van der Waals surface area (Å²) in [5.74, 6) is 4.82. The first kappa shape index (κ1) is 35.6. The largest absolute Gasteiger partial charge is 0.481 e. The molecule has 4 rings (SSSR count). The molecule has 0 aliphatic carbocycles. The molecule has 5 N–H and O–H groups in total. The van der Waals surface area contributed by atoms with Crippen LogP contribution < -0.4 is 16.5 Å². The molecule has 0 aromatic carbocycles. The van der Waals surface area contributed by atoms with Gasteiger partial charge in [-0.3, -0.25) is 15.6 Å². The number of hydrazine groups is 1. The number of hydrogen-bond donors (Lipinski definition) is 4. The number of carboxylic acid groups (broad SMARTS) is 1. The molecule has 40 heavy (non-hydrogen) atoms. The fraction of sp³-hybridized carbons (Fsp3) is 0.850. The van der Waals surface area contributed by atoms with Crippen LogP contribution in [0, 0.1) is 4.91 Å². The Balaban J connectivity index is 0.000000346. The van der Waals surface area contributed by atoms with Crippen LogP contribution in [0.5, 0.6) is 0 Å². The maximum atomic E-state index is 12.0. The van der Waals surface area contributed by atoms with E-state index in [1.807, 2.05) is 10.6 Å². The van der Waals surface area contributed by atoms with Gasteiger partial charge in [-0.05, 0) is 25.7 Å². The molecule has 0 spiro atoms. The van der Waals surface area contributed by atoms with E-state index in [4.69, 9.17) is 15.7 Å². The molecule has 4 fully saturated rings. The van der Waals surface area contributed by atoms with Gasteiger partial charge in [0, 0.05) is 51.6 Å². The third-order valence-corrected chi connectivity index (χ3v) is 6.44. The Morgan fingerprint density at radius 1 is 0.800 bits per heavy atom. The number of urea groups is 2. The Kier molecular flexibility index (Phi) is 13.3. The topological polar surface area (TPSA) is 164 Å². The third-order valence-electron chi connectivity index (χ3n) is 6.44. The quantitative estimate of drug-likeness (QED) is 0.155. The van der Waals surface area contributed by atoms with Gasteiger partial charge in [-0.1, -0.05) is 0 Å². The smallest absolute Gasteiger partial charge is 0.405 e. The summed E-state index contributed by atoms with van der Waals surface area (Å²) in [5, 5.41) is 16.9. The number of carbonyl (C=O) groups excluding carboxylic acids is 2. The van der Waals surface area contributed by atoms with Crippen molar-refractivity contribution in [3.05, 3.63) is 4.91 Å². The molecule has 20 heteroatoms. The van der Waals surface area contributed by atoms with Crippen molar-refractivity contribution in [2.24, 2.45) is 11.1 Å². The van der Waals surface area contributed by atoms with Gasteiger partial charge in [0.2, 0.25) is 0 Å². The van der Waals surface area contributed by atoms with Crippen LogP contribution in [0.4, 0.5) is 35.9 Å². The monoisotopic (exact) mass is 642 g/mol. The fourth-order valence-corrected chi connectivity index (χ4v) is 5.08. The van der Waals surface area contributed by atoms with Crippen LogP contribution in [-0.2, 0) is 24.3 Å². The van der Waals surface area contributed by atoms with E-state index >= 15 is 0 Å². The Morgan fingerprint density at radius 3 is 1.38 bits per heavy atom. The molecule has 4 atom stereocenters. The van der Waals surface area contributed by atoms with Crippen molar-refractivity contribution in [2.75, 3.05) is 39.3 Å². The fourth-order valence-electron chi connectivity index (χ4n) is 5.08. The molecule has 0 saturated carbocycles. The predicted molar refractivity (Wildman–Crippen MR) is 123 cm³/mol. The van der Waals surface area contributed by atoms with Gasteiger partial charge in [-0.25, -0.2) is 14.6 Å². The van der Waals surface area contributed by atoms with Crippen molar-refractivity contribution in [3.63, 3.8) is 0 Å². The molecule has 4 unspecified atom stereocenters. The first-order valence-corrected chi connectivity index (χ1v) is 12.0. The molecule has 0 aromatic heterocycles. The van der Waals surface area contributed by atoms with Crippen LogP contribution in [-0.4, -0.2) is 119 Å². The van der Waals surface area contributed by atoms with Crippen LogP contribution >= 0.6 is 0 Å². The molecular weight excluding hydrogens is 612 g/mol. The van der Waals surface area contributed by atoms with E-state index < -0.39 is 43.5 Å². The van der Waals surface area contributed by atoms with E-state index in [1.165, 1.54) is 14.8 Å². The summed E-state index contributed by atoms with van der Waals surface area (Å²) in [4.78, 5) is 45.7. The Bertz CT molecular complexity index is 853. The minimum Gasteiger partial charge on any atom is -0.481 e. The van der Waals surface area contributed by atoms with Gasteiger partial charge in [0.25, 0.3) is 5.97 Å². The number of alkyl halides is 6. The zero-order valence-electron chi connectivity index (χ0n) is 21.7. The van der Waals surface area contributed by atoms with Crippen molar-refractivity contribution in [1.82, 2.24) is 30.5 Å². The van der Waals surface area contributed by atoms with Gasteiger partial charge in [-0.15, -0.1) is 4.91 Å². The number of nitroso groups, excluding NO2 is 1. The number of nitrogens with one attached hydrogen (secondary N) is 2. The van der Waals surface area contributed by atoms with Gasteiger partial charge in [0.15, 0.2) is 0 Å². The third kappa shape index (κ3) is 11.2. The number of nitrogens with two attached hydrogens (primary N) is 1. The van der Waals surface area contributed by atoms with Gasteiger partial charge < -0.3 is 25.5 Å². The maximum Gasteiger partial charge on any atom is 0.405 e. The number of hydrogen-bond acceptors (Lipinski definition) is 7. The molecule has 0 radical (unpaired) electrons. The van der Waals surface area contributed by atoms with Crippen LogP contribution in [0.25, 0.3) is 0 Å². The number of nitrogens with zero attached hydrogens (tertiary/aromatic N) is 5. The van der Waals surface area contributed by atoms with E-state index in [2.05, 4.69) is 5.29 Å². The van der Waals surface area contributed by atoms with E-state index in [1.54, 1.807) is 5.01 Å². The summed E-state index contributed by atoms with van der Waals surface area (Å²) >= 11 is 0. The zero-order chi connectivity index (χ0) is 29.5. The number of halogens is 6. The zero-order valence-corrected chi connectivity index (χ0v) is 24.7. The molecule has 226 valence electrons. The first-order chi connectivity index (χ1) is 18.0. The van der Waals surface area contributed by atoms with Gasteiger partial charge in [-0.2, -0.15) is 26.3 Å². The molecule has 4 heterocycles. The molecule has 4 aliphatic heterocycles.